The molecule has 20 heavy (non-hydrogen) atoms. The standard InChI is InChI=1S/C10H8ClN3O4S2/c1-13(7-3-2-4-12-6-7)20(17,18)9-5-8(14(15)16)10(11)19-9/h2-6H,1H3. The zero-order valence-electron chi connectivity index (χ0n) is 10.1. The lowest BCUT2D eigenvalue weighted by Gasteiger charge is -2.17. The normalized spacial score (nSPS) is 11.3. The second kappa shape index (κ2) is 5.35. The number of nitrogens with zero attached hydrogens (tertiary/aromatic N) is 3. The van der Waals surface area contributed by atoms with Gasteiger partial charge in [-0.05, 0) is 12.1 Å². The van der Waals surface area contributed by atoms with Crippen molar-refractivity contribution in [2.45, 2.75) is 4.21 Å². The van der Waals surface area contributed by atoms with Gasteiger partial charge in [0.1, 0.15) is 4.21 Å². The molecule has 2 heterocycles. The fourth-order valence-electron chi connectivity index (χ4n) is 1.40. The molecule has 0 saturated carbocycles. The average Bonchev–Trinajstić information content (AvgIpc) is 2.82. The third-order valence-electron chi connectivity index (χ3n) is 2.47. The third-order valence-corrected chi connectivity index (χ3v) is 6.04. The van der Waals surface area contributed by atoms with Crippen molar-refractivity contribution in [2.24, 2.45) is 0 Å². The van der Waals surface area contributed by atoms with Crippen molar-refractivity contribution in [3.05, 3.63) is 45.0 Å². The van der Waals surface area contributed by atoms with E-state index < -0.39 is 20.6 Å². The summed E-state index contributed by atoms with van der Waals surface area (Å²) < 4.78 is 25.3. The van der Waals surface area contributed by atoms with Crippen molar-refractivity contribution in [3.8, 4) is 0 Å². The first kappa shape index (κ1) is 14.7. The van der Waals surface area contributed by atoms with Crippen LogP contribution in [0, 0.1) is 10.1 Å². The van der Waals surface area contributed by atoms with E-state index in [1.54, 1.807) is 12.1 Å². The summed E-state index contributed by atoms with van der Waals surface area (Å²) in [7, 11) is -2.57. The number of anilines is 1. The van der Waals surface area contributed by atoms with Gasteiger partial charge in [0.15, 0.2) is 4.34 Å². The highest BCUT2D eigenvalue weighted by Gasteiger charge is 2.28. The van der Waals surface area contributed by atoms with Crippen LogP contribution in [-0.2, 0) is 10.0 Å². The molecule has 0 spiro atoms. The number of pyridine rings is 1. The molecule has 0 aliphatic carbocycles. The van der Waals surface area contributed by atoms with Gasteiger partial charge in [-0.2, -0.15) is 0 Å². The highest BCUT2D eigenvalue weighted by molar-refractivity contribution is 7.94. The Morgan fingerprint density at radius 3 is 2.70 bits per heavy atom. The molecule has 0 fully saturated rings. The Kier molecular flexibility index (Phi) is 3.93. The van der Waals surface area contributed by atoms with Crippen LogP contribution in [0.3, 0.4) is 0 Å². The predicted octanol–water partition coefficient (Wildman–Crippen LogP) is 2.53. The summed E-state index contributed by atoms with van der Waals surface area (Å²) in [6, 6.07) is 4.11. The molecule has 0 amide bonds. The molecule has 0 atom stereocenters. The van der Waals surface area contributed by atoms with Gasteiger partial charge in [-0.3, -0.25) is 19.4 Å². The second-order valence-corrected chi connectivity index (χ2v) is 7.52. The molecule has 106 valence electrons. The zero-order chi connectivity index (χ0) is 14.9. The van der Waals surface area contributed by atoms with E-state index in [0.717, 1.165) is 10.4 Å². The number of rotatable bonds is 4. The second-order valence-electron chi connectivity index (χ2n) is 3.67. The SMILES string of the molecule is CN(c1cccnc1)S(=O)(=O)c1cc([N+](=O)[O-])c(Cl)s1. The predicted molar refractivity (Wildman–Crippen MR) is 75.8 cm³/mol. The molecular weight excluding hydrogens is 326 g/mol. The number of hydrogen-bond acceptors (Lipinski definition) is 6. The Morgan fingerprint density at radius 1 is 1.50 bits per heavy atom. The minimum atomic E-state index is -3.90. The monoisotopic (exact) mass is 333 g/mol. The van der Waals surface area contributed by atoms with Crippen LogP contribution in [-0.4, -0.2) is 25.4 Å². The van der Waals surface area contributed by atoms with E-state index >= 15 is 0 Å². The average molecular weight is 334 g/mol. The third kappa shape index (κ3) is 2.60. The van der Waals surface area contributed by atoms with Crippen molar-refractivity contribution in [1.82, 2.24) is 4.98 Å². The molecule has 2 aromatic rings. The molecule has 0 radical (unpaired) electrons. The van der Waals surface area contributed by atoms with Crippen LogP contribution < -0.4 is 4.31 Å². The van der Waals surface area contributed by atoms with Gasteiger partial charge in [0.2, 0.25) is 0 Å². The Hall–Kier alpha value is -1.71. The molecular formula is C10H8ClN3O4S2. The summed E-state index contributed by atoms with van der Waals surface area (Å²) in [4.78, 5) is 13.8. The van der Waals surface area contributed by atoms with E-state index in [1.165, 1.54) is 19.4 Å². The van der Waals surface area contributed by atoms with Gasteiger partial charge in [0, 0.05) is 19.3 Å². The summed E-state index contributed by atoms with van der Waals surface area (Å²) in [5.41, 5.74) is -0.0745. The summed E-state index contributed by atoms with van der Waals surface area (Å²) in [6.45, 7) is 0. The van der Waals surface area contributed by atoms with Crippen molar-refractivity contribution in [2.75, 3.05) is 11.4 Å². The topological polar surface area (TPSA) is 93.4 Å². The highest BCUT2D eigenvalue weighted by Crippen LogP contribution is 2.37. The summed E-state index contributed by atoms with van der Waals surface area (Å²) in [5, 5.41) is 10.7. The molecule has 0 aliphatic heterocycles. The Morgan fingerprint density at radius 2 is 2.20 bits per heavy atom. The van der Waals surface area contributed by atoms with Gasteiger partial charge in [0.05, 0.1) is 16.8 Å². The van der Waals surface area contributed by atoms with Crippen molar-refractivity contribution in [1.29, 1.82) is 0 Å². The minimum absolute atomic E-state index is 0.173. The largest absolute Gasteiger partial charge is 0.300 e. The molecule has 10 heteroatoms. The lowest BCUT2D eigenvalue weighted by atomic mass is 10.4. The van der Waals surface area contributed by atoms with Gasteiger partial charge in [-0.1, -0.05) is 11.6 Å². The molecule has 2 aromatic heterocycles. The summed E-state index contributed by atoms with van der Waals surface area (Å²) in [6.07, 6.45) is 2.89. The lowest BCUT2D eigenvalue weighted by Crippen LogP contribution is -2.25. The molecule has 0 aliphatic rings. The fraction of sp³-hybridized carbons (Fsp3) is 0.100. The summed E-state index contributed by atoms with van der Waals surface area (Å²) >= 11 is 6.32. The van der Waals surface area contributed by atoms with Gasteiger partial charge in [0.25, 0.3) is 15.7 Å². The smallest absolute Gasteiger partial charge is 0.267 e. The van der Waals surface area contributed by atoms with E-state index in [2.05, 4.69) is 4.98 Å². The molecule has 0 unspecified atom stereocenters. The van der Waals surface area contributed by atoms with Crippen LogP contribution in [0.5, 0.6) is 0 Å². The maximum atomic E-state index is 12.3. The van der Waals surface area contributed by atoms with E-state index in [0.29, 0.717) is 17.0 Å². The number of sulfonamides is 1. The van der Waals surface area contributed by atoms with E-state index in [1.807, 2.05) is 0 Å². The summed E-state index contributed by atoms with van der Waals surface area (Å²) in [5.74, 6) is 0. The lowest BCUT2D eigenvalue weighted by molar-refractivity contribution is -0.384. The molecule has 0 bridgehead atoms. The van der Waals surface area contributed by atoms with Crippen LogP contribution in [0.4, 0.5) is 11.4 Å². The molecule has 0 aromatic carbocycles. The number of nitro groups is 1. The van der Waals surface area contributed by atoms with Crippen LogP contribution >= 0.6 is 22.9 Å². The van der Waals surface area contributed by atoms with E-state index in [9.17, 15) is 18.5 Å². The first-order chi connectivity index (χ1) is 9.34. The van der Waals surface area contributed by atoms with Gasteiger partial charge >= 0.3 is 0 Å². The maximum Gasteiger partial charge on any atom is 0.300 e. The van der Waals surface area contributed by atoms with Crippen molar-refractivity contribution in [3.63, 3.8) is 0 Å². The zero-order valence-corrected chi connectivity index (χ0v) is 12.4. The van der Waals surface area contributed by atoms with Gasteiger partial charge in [-0.15, -0.1) is 11.3 Å². The van der Waals surface area contributed by atoms with Gasteiger partial charge < -0.3 is 0 Å². The first-order valence-corrected chi connectivity index (χ1v) is 7.80. The Bertz CT molecular complexity index is 745. The Labute approximate surface area is 123 Å². The number of halogens is 1. The van der Waals surface area contributed by atoms with Crippen molar-refractivity contribution < 1.29 is 13.3 Å². The Balaban J connectivity index is 2.46. The number of aromatic nitrogens is 1. The molecule has 7 nitrogen and oxygen atoms in total. The maximum absolute atomic E-state index is 12.3. The minimum Gasteiger partial charge on any atom is -0.267 e. The van der Waals surface area contributed by atoms with E-state index in [-0.39, 0.29) is 8.55 Å². The molecule has 2 rings (SSSR count). The first-order valence-electron chi connectivity index (χ1n) is 5.16. The van der Waals surface area contributed by atoms with Crippen LogP contribution in [0.2, 0.25) is 4.34 Å². The van der Waals surface area contributed by atoms with Crippen LogP contribution in [0.1, 0.15) is 0 Å². The fourth-order valence-corrected chi connectivity index (χ4v) is 4.42. The van der Waals surface area contributed by atoms with E-state index in [4.69, 9.17) is 11.6 Å². The number of hydrogen-bond donors (Lipinski definition) is 0. The highest BCUT2D eigenvalue weighted by atomic mass is 35.5. The number of thiophene rings is 1. The van der Waals surface area contributed by atoms with Gasteiger partial charge in [-0.25, -0.2) is 8.42 Å². The quantitative estimate of drug-likeness (QED) is 0.633. The van der Waals surface area contributed by atoms with Crippen LogP contribution in [0.15, 0.2) is 34.8 Å². The van der Waals surface area contributed by atoms with Crippen molar-refractivity contribution >= 4 is 44.3 Å². The van der Waals surface area contributed by atoms with Crippen LogP contribution in [0.25, 0.3) is 0 Å². The molecule has 0 saturated heterocycles. The molecule has 0 N–H and O–H groups in total.